The fourth-order valence-corrected chi connectivity index (χ4v) is 1.98. The molecule has 1 aromatic rings. The molecule has 4 heteroatoms. The summed E-state index contributed by atoms with van der Waals surface area (Å²) in [6, 6.07) is 4.41. The lowest BCUT2D eigenvalue weighted by atomic mass is 10.2. The van der Waals surface area contributed by atoms with Crippen molar-refractivity contribution in [2.75, 3.05) is 18.9 Å². The van der Waals surface area contributed by atoms with Gasteiger partial charge in [0.1, 0.15) is 0 Å². The van der Waals surface area contributed by atoms with Crippen molar-refractivity contribution in [2.45, 2.75) is 31.2 Å². The molecule has 0 spiro atoms. The lowest BCUT2D eigenvalue weighted by Gasteiger charge is -2.12. The van der Waals surface area contributed by atoms with E-state index in [4.69, 9.17) is 5.11 Å². The van der Waals surface area contributed by atoms with Crippen molar-refractivity contribution in [3.05, 3.63) is 24.0 Å². The number of hydrogen-bond donors (Lipinski definition) is 2. The number of hydrogen-bond acceptors (Lipinski definition) is 4. The highest BCUT2D eigenvalue weighted by Gasteiger charge is 2.05. The average molecular weight is 240 g/mol. The minimum Gasteiger partial charge on any atom is -0.396 e. The molecule has 16 heavy (non-hydrogen) atoms. The van der Waals surface area contributed by atoms with Gasteiger partial charge in [0.15, 0.2) is 0 Å². The molecule has 3 nitrogen and oxygen atoms in total. The molecule has 90 valence electrons. The first-order valence-corrected chi connectivity index (χ1v) is 6.69. The Kier molecular flexibility index (Phi) is 6.45. The number of rotatable bonds is 7. The number of aromatic nitrogens is 1. The van der Waals surface area contributed by atoms with Gasteiger partial charge in [-0.15, -0.1) is 11.8 Å². The first kappa shape index (κ1) is 13.5. The molecule has 1 rings (SSSR count). The predicted molar refractivity (Wildman–Crippen MR) is 68.8 cm³/mol. The molecule has 1 aromatic heterocycles. The number of nitrogens with one attached hydrogen (secondary N) is 1. The van der Waals surface area contributed by atoms with Crippen LogP contribution in [0.4, 0.5) is 0 Å². The van der Waals surface area contributed by atoms with Crippen LogP contribution in [0.25, 0.3) is 0 Å². The van der Waals surface area contributed by atoms with Gasteiger partial charge in [-0.1, -0.05) is 6.92 Å². The smallest absolute Gasteiger partial charge is 0.0571 e. The van der Waals surface area contributed by atoms with Gasteiger partial charge in [0.25, 0.3) is 0 Å². The van der Waals surface area contributed by atoms with Gasteiger partial charge in [0.2, 0.25) is 0 Å². The van der Waals surface area contributed by atoms with Crippen molar-refractivity contribution in [3.63, 3.8) is 0 Å². The predicted octanol–water partition coefficient (Wildman–Crippen LogP) is 2.23. The van der Waals surface area contributed by atoms with Crippen LogP contribution in [0.5, 0.6) is 0 Å². The molecule has 0 saturated carbocycles. The molecule has 0 bridgehead atoms. The second-order valence-corrected chi connectivity index (χ2v) is 4.83. The molecule has 0 aliphatic carbocycles. The number of pyridine rings is 1. The van der Waals surface area contributed by atoms with Gasteiger partial charge >= 0.3 is 0 Å². The zero-order chi connectivity index (χ0) is 11.8. The van der Waals surface area contributed by atoms with Crippen LogP contribution in [0, 0.1) is 0 Å². The summed E-state index contributed by atoms with van der Waals surface area (Å²) in [5.74, 6) is 0.727. The summed E-state index contributed by atoms with van der Waals surface area (Å²) in [5.41, 5.74) is 1.07. The first-order valence-electron chi connectivity index (χ1n) is 5.71. The normalized spacial score (nSPS) is 12.7. The van der Waals surface area contributed by atoms with Crippen LogP contribution in [0.3, 0.4) is 0 Å². The van der Waals surface area contributed by atoms with E-state index in [1.807, 2.05) is 12.3 Å². The SMILES string of the molecule is CCCNC(C)c1ccc(SCCO)cn1. The molecular formula is C12H20N2OS. The Morgan fingerprint density at radius 3 is 2.88 bits per heavy atom. The van der Waals surface area contributed by atoms with Crippen LogP contribution in [0.1, 0.15) is 32.0 Å². The van der Waals surface area contributed by atoms with E-state index in [9.17, 15) is 0 Å². The van der Waals surface area contributed by atoms with Crippen molar-refractivity contribution in [3.8, 4) is 0 Å². The lowest BCUT2D eigenvalue weighted by Crippen LogP contribution is -2.20. The summed E-state index contributed by atoms with van der Waals surface area (Å²) in [5, 5.41) is 12.1. The maximum Gasteiger partial charge on any atom is 0.0571 e. The van der Waals surface area contributed by atoms with Gasteiger partial charge in [-0.3, -0.25) is 4.98 Å². The molecule has 0 aliphatic rings. The van der Waals surface area contributed by atoms with E-state index in [2.05, 4.69) is 30.2 Å². The van der Waals surface area contributed by atoms with Crippen molar-refractivity contribution in [1.29, 1.82) is 0 Å². The van der Waals surface area contributed by atoms with Gasteiger partial charge in [0, 0.05) is 22.9 Å². The molecule has 1 heterocycles. The molecule has 0 radical (unpaired) electrons. The zero-order valence-electron chi connectivity index (χ0n) is 9.94. The summed E-state index contributed by atoms with van der Waals surface area (Å²) in [6.07, 6.45) is 3.01. The topological polar surface area (TPSA) is 45.1 Å². The van der Waals surface area contributed by atoms with E-state index in [-0.39, 0.29) is 6.61 Å². The van der Waals surface area contributed by atoms with E-state index in [0.29, 0.717) is 6.04 Å². The van der Waals surface area contributed by atoms with Crippen molar-refractivity contribution in [2.24, 2.45) is 0 Å². The summed E-state index contributed by atoms with van der Waals surface area (Å²) in [7, 11) is 0. The van der Waals surface area contributed by atoms with Crippen molar-refractivity contribution in [1.82, 2.24) is 10.3 Å². The highest BCUT2D eigenvalue weighted by atomic mass is 32.2. The second kappa shape index (κ2) is 7.65. The van der Waals surface area contributed by atoms with Crippen LogP contribution in [-0.4, -0.2) is 29.0 Å². The zero-order valence-corrected chi connectivity index (χ0v) is 10.8. The molecule has 1 unspecified atom stereocenters. The summed E-state index contributed by atoms with van der Waals surface area (Å²) < 4.78 is 0. The second-order valence-electron chi connectivity index (χ2n) is 3.67. The van der Waals surface area contributed by atoms with Crippen molar-refractivity contribution >= 4 is 11.8 Å². The Bertz CT molecular complexity index is 290. The van der Waals surface area contributed by atoms with Crippen molar-refractivity contribution < 1.29 is 5.11 Å². The van der Waals surface area contributed by atoms with E-state index in [1.54, 1.807) is 11.8 Å². The van der Waals surface area contributed by atoms with E-state index >= 15 is 0 Å². The largest absolute Gasteiger partial charge is 0.396 e. The highest BCUT2D eigenvalue weighted by molar-refractivity contribution is 7.99. The van der Waals surface area contributed by atoms with E-state index in [0.717, 1.165) is 29.3 Å². The van der Waals surface area contributed by atoms with Gasteiger partial charge in [-0.2, -0.15) is 0 Å². The summed E-state index contributed by atoms with van der Waals surface area (Å²) in [6.45, 7) is 5.51. The third-order valence-electron chi connectivity index (χ3n) is 2.26. The molecule has 0 amide bonds. The summed E-state index contributed by atoms with van der Waals surface area (Å²) >= 11 is 1.63. The monoisotopic (exact) mass is 240 g/mol. The van der Waals surface area contributed by atoms with Crippen LogP contribution < -0.4 is 5.32 Å². The first-order chi connectivity index (χ1) is 7.77. The van der Waals surface area contributed by atoms with Gasteiger partial charge in [-0.25, -0.2) is 0 Å². The van der Waals surface area contributed by atoms with Gasteiger partial charge < -0.3 is 10.4 Å². The van der Waals surface area contributed by atoms with Crippen LogP contribution in [0.15, 0.2) is 23.2 Å². The van der Waals surface area contributed by atoms with E-state index in [1.165, 1.54) is 0 Å². The quantitative estimate of drug-likeness (QED) is 0.717. The Hall–Kier alpha value is -0.580. The number of aliphatic hydroxyl groups is 1. The average Bonchev–Trinajstić information content (AvgIpc) is 2.34. The van der Waals surface area contributed by atoms with E-state index < -0.39 is 0 Å². The van der Waals surface area contributed by atoms with Gasteiger partial charge in [0.05, 0.1) is 12.3 Å². The molecule has 1 atom stereocenters. The Labute approximate surface area is 102 Å². The maximum atomic E-state index is 8.72. The van der Waals surface area contributed by atoms with Crippen LogP contribution in [0.2, 0.25) is 0 Å². The minimum absolute atomic E-state index is 0.209. The lowest BCUT2D eigenvalue weighted by molar-refractivity contribution is 0.322. The Morgan fingerprint density at radius 1 is 1.50 bits per heavy atom. The highest BCUT2D eigenvalue weighted by Crippen LogP contribution is 2.18. The number of aliphatic hydroxyl groups excluding tert-OH is 1. The molecule has 0 fully saturated rings. The molecule has 2 N–H and O–H groups in total. The van der Waals surface area contributed by atoms with Gasteiger partial charge in [-0.05, 0) is 32.0 Å². The van der Waals surface area contributed by atoms with Crippen LogP contribution in [-0.2, 0) is 0 Å². The number of thioether (sulfide) groups is 1. The minimum atomic E-state index is 0.209. The molecule has 0 aliphatic heterocycles. The summed E-state index contributed by atoms with van der Waals surface area (Å²) in [4.78, 5) is 5.53. The fraction of sp³-hybridized carbons (Fsp3) is 0.583. The maximum absolute atomic E-state index is 8.72. The van der Waals surface area contributed by atoms with Crippen LogP contribution >= 0.6 is 11.8 Å². The molecule has 0 aromatic carbocycles. The molecular weight excluding hydrogens is 220 g/mol. The third kappa shape index (κ3) is 4.51. The molecule has 0 saturated heterocycles. The standard InChI is InChI=1S/C12H20N2OS/c1-3-6-13-10(2)12-5-4-11(9-14-12)16-8-7-15/h4-5,9-10,13,15H,3,6-8H2,1-2H3. The number of nitrogens with zero attached hydrogens (tertiary/aromatic N) is 1. The third-order valence-corrected chi connectivity index (χ3v) is 3.22. The fourth-order valence-electron chi connectivity index (χ4n) is 1.36. The Balaban J connectivity index is 2.49. The Morgan fingerprint density at radius 2 is 2.31 bits per heavy atom.